The van der Waals surface area contributed by atoms with Crippen molar-refractivity contribution < 1.29 is 18.8 Å². The van der Waals surface area contributed by atoms with Crippen LogP contribution in [-0.4, -0.2) is 66.7 Å². The van der Waals surface area contributed by atoms with Gasteiger partial charge in [-0.15, -0.1) is 0 Å². The minimum Gasteiger partial charge on any atom is -0.363 e. The first kappa shape index (κ1) is 17.8. The van der Waals surface area contributed by atoms with E-state index in [1.807, 2.05) is 6.07 Å². The summed E-state index contributed by atoms with van der Waals surface area (Å²) in [6, 6.07) is 3.69. The molecule has 3 fully saturated rings. The highest BCUT2D eigenvalue weighted by Crippen LogP contribution is 2.38. The molecule has 0 radical (unpaired) electrons. The predicted molar refractivity (Wildman–Crippen MR) is 99.7 cm³/mol. The zero-order chi connectivity index (χ0) is 19.4. The summed E-state index contributed by atoms with van der Waals surface area (Å²) in [5, 5.41) is 6.42. The Morgan fingerprint density at radius 2 is 1.93 bits per heavy atom. The lowest BCUT2D eigenvalue weighted by Crippen LogP contribution is -2.68. The molecule has 2 bridgehead atoms. The van der Waals surface area contributed by atoms with Gasteiger partial charge < -0.3 is 20.4 Å². The first-order valence-electron chi connectivity index (χ1n) is 9.91. The van der Waals surface area contributed by atoms with Crippen LogP contribution in [0.3, 0.4) is 0 Å². The molecule has 1 aromatic rings. The number of amides is 1. The smallest absolute Gasteiger partial charge is 0.257 e. The fourth-order valence-corrected chi connectivity index (χ4v) is 5.19. The number of fused-ring (bicyclic) bond motifs is 3. The minimum absolute atomic E-state index is 0.106. The Labute approximate surface area is 162 Å². The Morgan fingerprint density at radius 3 is 2.57 bits per heavy atom. The highest BCUT2D eigenvalue weighted by molar-refractivity contribution is 6.27. The quantitative estimate of drug-likeness (QED) is 0.569. The lowest BCUT2D eigenvalue weighted by molar-refractivity contribution is -0.131. The molecule has 0 saturated carbocycles. The van der Waals surface area contributed by atoms with Gasteiger partial charge in [0.05, 0.1) is 11.6 Å². The van der Waals surface area contributed by atoms with E-state index in [1.54, 1.807) is 4.90 Å². The third kappa shape index (κ3) is 2.66. The van der Waals surface area contributed by atoms with Crippen molar-refractivity contribution >= 4 is 23.7 Å². The molecule has 1 aromatic carbocycles. The SMILES string of the molecule is O=CC(=O)C1CCC(N2Cc3cc(N4C5CNCC4C5)cc(F)c3C2=O)CN1. The summed E-state index contributed by atoms with van der Waals surface area (Å²) < 4.78 is 14.9. The van der Waals surface area contributed by atoms with Crippen LogP contribution in [0.15, 0.2) is 12.1 Å². The van der Waals surface area contributed by atoms with Crippen LogP contribution in [0.2, 0.25) is 0 Å². The van der Waals surface area contributed by atoms with Crippen LogP contribution in [0.25, 0.3) is 0 Å². The number of carbonyl (C=O) groups is 3. The molecule has 0 aromatic heterocycles. The average molecular weight is 386 g/mol. The number of rotatable bonds is 4. The molecular formula is C20H23FN4O3. The number of piperazine rings is 1. The maximum absolute atomic E-state index is 14.9. The number of Topliss-reactive ketones (excluding diaryl/α,β-unsaturated/α-hetero) is 1. The third-order valence-electron chi connectivity index (χ3n) is 6.65. The van der Waals surface area contributed by atoms with Gasteiger partial charge in [0.15, 0.2) is 6.29 Å². The molecule has 28 heavy (non-hydrogen) atoms. The van der Waals surface area contributed by atoms with Crippen LogP contribution in [0.5, 0.6) is 0 Å². The summed E-state index contributed by atoms with van der Waals surface area (Å²) in [4.78, 5) is 39.0. The van der Waals surface area contributed by atoms with Crippen molar-refractivity contribution in [3.05, 3.63) is 29.1 Å². The number of anilines is 1. The Kier molecular flexibility index (Phi) is 4.21. The second-order valence-corrected chi connectivity index (χ2v) is 8.22. The highest BCUT2D eigenvalue weighted by Gasteiger charge is 2.43. The van der Waals surface area contributed by atoms with Gasteiger partial charge in [-0.2, -0.15) is 0 Å². The van der Waals surface area contributed by atoms with Crippen LogP contribution in [0.1, 0.15) is 35.2 Å². The Morgan fingerprint density at radius 1 is 1.14 bits per heavy atom. The lowest BCUT2D eigenvalue weighted by Gasteiger charge is -2.54. The van der Waals surface area contributed by atoms with Gasteiger partial charge in [-0.05, 0) is 37.0 Å². The van der Waals surface area contributed by atoms with E-state index in [4.69, 9.17) is 0 Å². The molecule has 4 aliphatic rings. The van der Waals surface area contributed by atoms with Crippen molar-refractivity contribution in [2.45, 2.75) is 50.0 Å². The molecule has 4 atom stereocenters. The van der Waals surface area contributed by atoms with E-state index in [1.165, 1.54) is 6.07 Å². The summed E-state index contributed by atoms with van der Waals surface area (Å²) >= 11 is 0. The maximum atomic E-state index is 14.9. The van der Waals surface area contributed by atoms with Gasteiger partial charge in [-0.3, -0.25) is 14.4 Å². The monoisotopic (exact) mass is 386 g/mol. The van der Waals surface area contributed by atoms with E-state index in [2.05, 4.69) is 15.5 Å². The Bertz CT molecular complexity index is 838. The molecule has 2 N–H and O–H groups in total. The first-order chi connectivity index (χ1) is 13.6. The molecule has 0 spiro atoms. The van der Waals surface area contributed by atoms with Crippen LogP contribution >= 0.6 is 0 Å². The standard InChI is InChI=1S/C20H23FN4O3/c21-16-5-13(25-14-4-15(25)7-22-6-14)3-11-9-24(20(28)19(11)16)12-1-2-17(23-8-12)18(27)10-26/h3,5,10,12,14-15,17,22-23H,1-2,4,6-9H2. The van der Waals surface area contributed by atoms with Crippen LogP contribution in [0, 0.1) is 5.82 Å². The largest absolute Gasteiger partial charge is 0.363 e. The molecule has 4 unspecified atom stereocenters. The topological polar surface area (TPSA) is 81.8 Å². The molecule has 4 heterocycles. The van der Waals surface area contributed by atoms with Crippen molar-refractivity contribution in [1.82, 2.24) is 15.5 Å². The van der Waals surface area contributed by atoms with E-state index >= 15 is 0 Å². The normalized spacial score (nSPS) is 31.4. The average Bonchev–Trinajstić information content (AvgIpc) is 3.05. The molecule has 7 nitrogen and oxygen atoms in total. The maximum Gasteiger partial charge on any atom is 0.257 e. The summed E-state index contributed by atoms with van der Waals surface area (Å²) in [5.74, 6) is -1.19. The second-order valence-electron chi connectivity index (χ2n) is 8.22. The number of benzene rings is 1. The second kappa shape index (κ2) is 6.63. The van der Waals surface area contributed by atoms with Crippen molar-refractivity contribution in [2.24, 2.45) is 0 Å². The van der Waals surface area contributed by atoms with Gasteiger partial charge in [-0.25, -0.2) is 4.39 Å². The van der Waals surface area contributed by atoms with Gasteiger partial charge in [0.1, 0.15) is 5.82 Å². The zero-order valence-electron chi connectivity index (χ0n) is 15.5. The molecule has 3 saturated heterocycles. The molecule has 5 rings (SSSR count). The number of nitrogens with one attached hydrogen (secondary N) is 2. The predicted octanol–water partition coefficient (Wildman–Crippen LogP) is 0.221. The van der Waals surface area contributed by atoms with Gasteiger partial charge in [0, 0.05) is 50.0 Å². The van der Waals surface area contributed by atoms with E-state index in [-0.39, 0.29) is 17.5 Å². The molecule has 148 valence electrons. The summed E-state index contributed by atoms with van der Waals surface area (Å²) in [5.41, 5.74) is 1.79. The molecule has 0 aliphatic carbocycles. The minimum atomic E-state index is -0.475. The fourth-order valence-electron chi connectivity index (χ4n) is 5.19. The number of halogens is 1. The highest BCUT2D eigenvalue weighted by atomic mass is 19.1. The molecular weight excluding hydrogens is 363 g/mol. The van der Waals surface area contributed by atoms with Crippen molar-refractivity contribution in [3.63, 3.8) is 0 Å². The zero-order valence-corrected chi connectivity index (χ0v) is 15.5. The number of hydrogen-bond donors (Lipinski definition) is 2. The van der Waals surface area contributed by atoms with E-state index in [0.717, 1.165) is 30.8 Å². The number of hydrogen-bond acceptors (Lipinski definition) is 6. The third-order valence-corrected chi connectivity index (χ3v) is 6.65. The number of carbonyl (C=O) groups excluding carboxylic acids is 3. The van der Waals surface area contributed by atoms with E-state index in [0.29, 0.717) is 44.3 Å². The Balaban J connectivity index is 1.34. The van der Waals surface area contributed by atoms with Gasteiger partial charge in [-0.1, -0.05) is 0 Å². The summed E-state index contributed by atoms with van der Waals surface area (Å²) in [6.07, 6.45) is 2.59. The molecule has 4 aliphatic heterocycles. The number of aldehydes is 1. The van der Waals surface area contributed by atoms with Crippen molar-refractivity contribution in [2.75, 3.05) is 24.5 Å². The van der Waals surface area contributed by atoms with Crippen LogP contribution in [0.4, 0.5) is 10.1 Å². The number of nitrogens with zero attached hydrogens (tertiary/aromatic N) is 2. The summed E-state index contributed by atoms with van der Waals surface area (Å²) in [7, 11) is 0. The van der Waals surface area contributed by atoms with Gasteiger partial charge >= 0.3 is 0 Å². The van der Waals surface area contributed by atoms with Crippen LogP contribution in [-0.2, 0) is 16.1 Å². The van der Waals surface area contributed by atoms with Crippen LogP contribution < -0.4 is 15.5 Å². The van der Waals surface area contributed by atoms with Crippen molar-refractivity contribution in [1.29, 1.82) is 0 Å². The molecule has 1 amide bonds. The van der Waals surface area contributed by atoms with Crippen molar-refractivity contribution in [3.8, 4) is 0 Å². The Hall–Kier alpha value is -2.32. The molecule has 8 heteroatoms. The van der Waals surface area contributed by atoms with E-state index < -0.39 is 17.6 Å². The summed E-state index contributed by atoms with van der Waals surface area (Å²) in [6.45, 7) is 2.64. The van der Waals surface area contributed by atoms with Gasteiger partial charge in [0.25, 0.3) is 5.91 Å². The van der Waals surface area contributed by atoms with E-state index in [9.17, 15) is 18.8 Å². The fraction of sp³-hybridized carbons (Fsp3) is 0.550. The first-order valence-corrected chi connectivity index (χ1v) is 9.91. The number of ketones is 1. The number of piperidine rings is 2. The van der Waals surface area contributed by atoms with Gasteiger partial charge in [0.2, 0.25) is 5.78 Å². The lowest BCUT2D eigenvalue weighted by atomic mass is 9.87.